The SMILES string of the molecule is CN(C)c1nc2cc(NC(=O)C3CC4CCCC(C3)C4N)ccc2o1. The molecule has 3 N–H and O–H groups in total. The van der Waals surface area contributed by atoms with Gasteiger partial charge in [0.15, 0.2) is 5.58 Å². The Kier molecular flexibility index (Phi) is 4.15. The van der Waals surface area contributed by atoms with E-state index in [9.17, 15) is 4.79 Å². The lowest BCUT2D eigenvalue weighted by Crippen LogP contribution is -2.48. The predicted molar refractivity (Wildman–Crippen MR) is 98.5 cm³/mol. The number of oxazole rings is 1. The van der Waals surface area contributed by atoms with E-state index in [1.54, 1.807) is 0 Å². The number of amides is 1. The van der Waals surface area contributed by atoms with Crippen molar-refractivity contribution in [3.63, 3.8) is 0 Å². The van der Waals surface area contributed by atoms with E-state index in [0.29, 0.717) is 17.9 Å². The van der Waals surface area contributed by atoms with Crippen molar-refractivity contribution in [3.05, 3.63) is 18.2 Å². The molecule has 2 aliphatic carbocycles. The summed E-state index contributed by atoms with van der Waals surface area (Å²) in [6.07, 6.45) is 5.43. The van der Waals surface area contributed by atoms with Crippen molar-refractivity contribution in [1.82, 2.24) is 4.98 Å². The summed E-state index contributed by atoms with van der Waals surface area (Å²) in [4.78, 5) is 19.0. The Morgan fingerprint density at radius 3 is 2.68 bits per heavy atom. The fourth-order valence-electron chi connectivity index (χ4n) is 4.43. The van der Waals surface area contributed by atoms with Gasteiger partial charge in [-0.3, -0.25) is 4.79 Å². The highest BCUT2D eigenvalue weighted by Gasteiger charge is 2.40. The van der Waals surface area contributed by atoms with Gasteiger partial charge in [-0.15, -0.1) is 0 Å². The summed E-state index contributed by atoms with van der Waals surface area (Å²) in [7, 11) is 3.77. The van der Waals surface area contributed by atoms with Crippen molar-refractivity contribution in [1.29, 1.82) is 0 Å². The van der Waals surface area contributed by atoms with E-state index in [4.69, 9.17) is 10.2 Å². The number of carbonyl (C=O) groups excluding carboxylic acids is 1. The van der Waals surface area contributed by atoms with Gasteiger partial charge in [-0.25, -0.2) is 0 Å². The molecular formula is C19H26N4O2. The summed E-state index contributed by atoms with van der Waals surface area (Å²) in [6.45, 7) is 0. The highest BCUT2D eigenvalue weighted by molar-refractivity contribution is 5.94. The molecular weight excluding hydrogens is 316 g/mol. The molecule has 2 unspecified atom stereocenters. The third-order valence-corrected chi connectivity index (χ3v) is 5.81. The van der Waals surface area contributed by atoms with Crippen LogP contribution in [-0.2, 0) is 4.79 Å². The van der Waals surface area contributed by atoms with Gasteiger partial charge in [0, 0.05) is 31.7 Å². The number of nitrogens with zero attached hydrogens (tertiary/aromatic N) is 2. The minimum absolute atomic E-state index is 0.0699. The Morgan fingerprint density at radius 2 is 2.00 bits per heavy atom. The first-order chi connectivity index (χ1) is 12.0. The van der Waals surface area contributed by atoms with Gasteiger partial charge in [0.25, 0.3) is 6.01 Å². The van der Waals surface area contributed by atoms with Crippen molar-refractivity contribution >= 4 is 28.7 Å². The number of nitrogens with one attached hydrogen (secondary N) is 1. The number of rotatable bonds is 3. The maximum absolute atomic E-state index is 12.8. The van der Waals surface area contributed by atoms with Gasteiger partial charge >= 0.3 is 0 Å². The molecule has 6 heteroatoms. The molecule has 134 valence electrons. The van der Waals surface area contributed by atoms with E-state index in [0.717, 1.165) is 29.6 Å². The van der Waals surface area contributed by atoms with Crippen LogP contribution in [0.1, 0.15) is 32.1 Å². The van der Waals surface area contributed by atoms with Crippen LogP contribution in [0.25, 0.3) is 11.1 Å². The second kappa shape index (κ2) is 6.33. The smallest absolute Gasteiger partial charge is 0.297 e. The van der Waals surface area contributed by atoms with Crippen LogP contribution in [0.4, 0.5) is 11.7 Å². The highest BCUT2D eigenvalue weighted by Crippen LogP contribution is 2.42. The monoisotopic (exact) mass is 342 g/mol. The molecule has 2 aliphatic rings. The van der Waals surface area contributed by atoms with Gasteiger partial charge in [-0.05, 0) is 55.7 Å². The summed E-state index contributed by atoms with van der Waals surface area (Å²) >= 11 is 0. The van der Waals surface area contributed by atoms with Gasteiger partial charge in [-0.2, -0.15) is 4.98 Å². The van der Waals surface area contributed by atoms with Crippen LogP contribution in [0.15, 0.2) is 22.6 Å². The van der Waals surface area contributed by atoms with E-state index < -0.39 is 0 Å². The molecule has 2 saturated carbocycles. The summed E-state index contributed by atoms with van der Waals surface area (Å²) < 4.78 is 5.66. The molecule has 6 nitrogen and oxygen atoms in total. The van der Waals surface area contributed by atoms with E-state index in [1.165, 1.54) is 19.3 Å². The first kappa shape index (κ1) is 16.4. The quantitative estimate of drug-likeness (QED) is 0.896. The van der Waals surface area contributed by atoms with E-state index in [1.807, 2.05) is 37.2 Å². The number of hydrogen-bond acceptors (Lipinski definition) is 5. The molecule has 2 aromatic rings. The topological polar surface area (TPSA) is 84.4 Å². The fraction of sp³-hybridized carbons (Fsp3) is 0.579. The van der Waals surface area contributed by atoms with E-state index in [-0.39, 0.29) is 17.9 Å². The standard InChI is InChI=1S/C19H26N4O2/c1-23(2)19-22-15-10-14(6-7-16(15)25-19)21-18(24)13-8-11-4-3-5-12(9-13)17(11)20/h6-7,10-13,17H,3-5,8-9,20H2,1-2H3,(H,21,24). The number of benzene rings is 1. The van der Waals surface area contributed by atoms with E-state index in [2.05, 4.69) is 10.3 Å². The predicted octanol–water partition coefficient (Wildman–Crippen LogP) is 2.99. The molecule has 2 fully saturated rings. The molecule has 0 saturated heterocycles. The number of nitrogens with two attached hydrogens (primary N) is 1. The second-order valence-corrected chi connectivity index (χ2v) is 7.76. The molecule has 0 spiro atoms. The first-order valence-corrected chi connectivity index (χ1v) is 9.15. The Balaban J connectivity index is 1.48. The second-order valence-electron chi connectivity index (χ2n) is 7.76. The molecule has 25 heavy (non-hydrogen) atoms. The lowest BCUT2D eigenvalue weighted by Gasteiger charge is -2.43. The maximum atomic E-state index is 12.8. The zero-order chi connectivity index (χ0) is 17.6. The lowest BCUT2D eigenvalue weighted by molar-refractivity contribution is -0.122. The van der Waals surface area contributed by atoms with Gasteiger partial charge in [0.05, 0.1) is 0 Å². The fourth-order valence-corrected chi connectivity index (χ4v) is 4.43. The number of hydrogen-bond donors (Lipinski definition) is 2. The number of fused-ring (bicyclic) bond motifs is 3. The van der Waals surface area contributed by atoms with Crippen molar-refractivity contribution in [2.75, 3.05) is 24.3 Å². The van der Waals surface area contributed by atoms with Crippen LogP contribution < -0.4 is 16.0 Å². The molecule has 0 radical (unpaired) electrons. The molecule has 2 bridgehead atoms. The summed E-state index contributed by atoms with van der Waals surface area (Å²) in [5, 5.41) is 3.07. The molecule has 1 aromatic carbocycles. The van der Waals surface area contributed by atoms with Crippen LogP contribution in [0.5, 0.6) is 0 Å². The van der Waals surface area contributed by atoms with Crippen LogP contribution in [0.3, 0.4) is 0 Å². The van der Waals surface area contributed by atoms with Gasteiger partial charge < -0.3 is 20.4 Å². The molecule has 1 amide bonds. The lowest BCUT2D eigenvalue weighted by atomic mass is 9.65. The Bertz CT molecular complexity index is 771. The van der Waals surface area contributed by atoms with Crippen LogP contribution in [0, 0.1) is 17.8 Å². The minimum atomic E-state index is 0.0699. The average molecular weight is 342 g/mol. The van der Waals surface area contributed by atoms with Gasteiger partial charge in [0.2, 0.25) is 5.91 Å². The number of anilines is 2. The van der Waals surface area contributed by atoms with E-state index >= 15 is 0 Å². The molecule has 1 aromatic heterocycles. The van der Waals surface area contributed by atoms with Crippen molar-refractivity contribution in [2.45, 2.75) is 38.1 Å². The van der Waals surface area contributed by atoms with Crippen LogP contribution >= 0.6 is 0 Å². The number of carbonyl (C=O) groups is 1. The van der Waals surface area contributed by atoms with Crippen molar-refractivity contribution < 1.29 is 9.21 Å². The van der Waals surface area contributed by atoms with Crippen molar-refractivity contribution in [2.24, 2.45) is 23.5 Å². The third-order valence-electron chi connectivity index (χ3n) is 5.81. The largest absolute Gasteiger partial charge is 0.423 e. The first-order valence-electron chi connectivity index (χ1n) is 9.15. The molecule has 2 atom stereocenters. The summed E-state index contributed by atoms with van der Waals surface area (Å²) in [5.74, 6) is 1.19. The normalized spacial score (nSPS) is 28.8. The van der Waals surface area contributed by atoms with Crippen LogP contribution in [-0.4, -0.2) is 31.0 Å². The molecule has 0 aliphatic heterocycles. The average Bonchev–Trinajstić information content (AvgIpc) is 2.98. The Hall–Kier alpha value is -2.08. The number of aromatic nitrogens is 1. The minimum Gasteiger partial charge on any atom is -0.423 e. The molecule has 4 rings (SSSR count). The third kappa shape index (κ3) is 3.11. The Morgan fingerprint density at radius 1 is 1.28 bits per heavy atom. The zero-order valence-corrected chi connectivity index (χ0v) is 14.9. The summed E-state index contributed by atoms with van der Waals surface area (Å²) in [6, 6.07) is 6.46. The summed E-state index contributed by atoms with van der Waals surface area (Å²) in [5.41, 5.74) is 8.58. The van der Waals surface area contributed by atoms with Crippen molar-refractivity contribution in [3.8, 4) is 0 Å². The van der Waals surface area contributed by atoms with Crippen LogP contribution in [0.2, 0.25) is 0 Å². The maximum Gasteiger partial charge on any atom is 0.297 e. The Labute approximate surface area is 147 Å². The zero-order valence-electron chi connectivity index (χ0n) is 14.9. The highest BCUT2D eigenvalue weighted by atomic mass is 16.4. The van der Waals surface area contributed by atoms with Gasteiger partial charge in [-0.1, -0.05) is 6.42 Å². The van der Waals surface area contributed by atoms with Gasteiger partial charge in [0.1, 0.15) is 5.52 Å². The molecule has 1 heterocycles.